The second-order valence-corrected chi connectivity index (χ2v) is 3.50. The minimum absolute atomic E-state index is 0.268. The van der Waals surface area contributed by atoms with Gasteiger partial charge in [-0.1, -0.05) is 12.1 Å². The molecule has 88 valence electrons. The number of nitrogens with two attached hydrogens (primary N) is 1. The van der Waals surface area contributed by atoms with Crippen molar-refractivity contribution in [3.8, 4) is 5.75 Å². The van der Waals surface area contributed by atoms with Crippen LogP contribution in [-0.4, -0.2) is 17.1 Å². The number of nitrogen functional groups attached to an aromatic ring is 1. The van der Waals surface area contributed by atoms with Crippen molar-refractivity contribution in [2.75, 3.05) is 18.2 Å². The smallest absolute Gasteiger partial charge is 0.221 e. The number of aromatic nitrogens is 2. The highest BCUT2D eigenvalue weighted by Gasteiger charge is 1.97. The summed E-state index contributed by atoms with van der Waals surface area (Å²) in [7, 11) is 1.65. The molecule has 0 saturated carbocycles. The molecular weight excluding hydrogens is 216 g/mol. The van der Waals surface area contributed by atoms with Gasteiger partial charge in [0.15, 0.2) is 0 Å². The lowest BCUT2D eigenvalue weighted by atomic mass is 10.2. The monoisotopic (exact) mass is 230 g/mol. The third kappa shape index (κ3) is 3.07. The SMILES string of the molecule is COc1ccc(CNc2ccnc(N)n2)cc1. The van der Waals surface area contributed by atoms with Gasteiger partial charge in [0.25, 0.3) is 0 Å². The maximum absolute atomic E-state index is 5.49. The molecule has 2 rings (SSSR count). The first kappa shape index (κ1) is 11.2. The zero-order valence-corrected chi connectivity index (χ0v) is 9.55. The summed E-state index contributed by atoms with van der Waals surface area (Å²) in [6.07, 6.45) is 1.62. The minimum Gasteiger partial charge on any atom is -0.497 e. The molecule has 17 heavy (non-hydrogen) atoms. The molecule has 0 fully saturated rings. The van der Waals surface area contributed by atoms with Crippen molar-refractivity contribution < 1.29 is 4.74 Å². The number of hydrogen-bond acceptors (Lipinski definition) is 5. The van der Waals surface area contributed by atoms with Crippen LogP contribution in [-0.2, 0) is 6.54 Å². The highest BCUT2D eigenvalue weighted by atomic mass is 16.5. The Morgan fingerprint density at radius 1 is 1.24 bits per heavy atom. The molecule has 0 atom stereocenters. The van der Waals surface area contributed by atoms with Crippen LogP contribution in [0.5, 0.6) is 5.75 Å². The predicted octanol–water partition coefficient (Wildman–Crippen LogP) is 1.68. The van der Waals surface area contributed by atoms with Crippen LogP contribution in [0.15, 0.2) is 36.5 Å². The summed E-state index contributed by atoms with van der Waals surface area (Å²) in [5.74, 6) is 1.83. The lowest BCUT2D eigenvalue weighted by molar-refractivity contribution is 0.414. The summed E-state index contributed by atoms with van der Waals surface area (Å²) in [5.41, 5.74) is 6.63. The van der Waals surface area contributed by atoms with Crippen LogP contribution in [0.2, 0.25) is 0 Å². The molecule has 0 radical (unpaired) electrons. The fraction of sp³-hybridized carbons (Fsp3) is 0.167. The molecule has 3 N–H and O–H groups in total. The Labute approximate surface area is 99.7 Å². The summed E-state index contributed by atoms with van der Waals surface area (Å²) >= 11 is 0. The van der Waals surface area contributed by atoms with Gasteiger partial charge >= 0.3 is 0 Å². The van der Waals surface area contributed by atoms with E-state index in [1.807, 2.05) is 24.3 Å². The molecule has 0 aliphatic carbocycles. The van der Waals surface area contributed by atoms with E-state index >= 15 is 0 Å². The lowest BCUT2D eigenvalue weighted by Crippen LogP contribution is -2.03. The van der Waals surface area contributed by atoms with Crippen LogP contribution in [0.25, 0.3) is 0 Å². The van der Waals surface area contributed by atoms with Crippen molar-refractivity contribution in [2.24, 2.45) is 0 Å². The van der Waals surface area contributed by atoms with E-state index in [-0.39, 0.29) is 5.95 Å². The molecule has 0 aliphatic heterocycles. The van der Waals surface area contributed by atoms with Crippen LogP contribution in [0.4, 0.5) is 11.8 Å². The van der Waals surface area contributed by atoms with Gasteiger partial charge in [-0.05, 0) is 23.8 Å². The van der Waals surface area contributed by atoms with E-state index in [0.717, 1.165) is 11.3 Å². The van der Waals surface area contributed by atoms with E-state index < -0.39 is 0 Å². The van der Waals surface area contributed by atoms with E-state index in [1.165, 1.54) is 0 Å². The quantitative estimate of drug-likeness (QED) is 0.836. The van der Waals surface area contributed by atoms with Gasteiger partial charge < -0.3 is 15.8 Å². The van der Waals surface area contributed by atoms with Gasteiger partial charge in [0, 0.05) is 12.7 Å². The Bertz CT molecular complexity index is 484. The van der Waals surface area contributed by atoms with Crippen molar-refractivity contribution in [3.05, 3.63) is 42.1 Å². The van der Waals surface area contributed by atoms with Gasteiger partial charge in [0.05, 0.1) is 7.11 Å². The van der Waals surface area contributed by atoms with Gasteiger partial charge in [-0.15, -0.1) is 0 Å². The standard InChI is InChI=1S/C12H14N4O/c1-17-10-4-2-9(3-5-10)8-15-11-6-7-14-12(13)16-11/h2-7H,8H2,1H3,(H3,13,14,15,16). The molecule has 1 aromatic heterocycles. The molecule has 5 nitrogen and oxygen atoms in total. The van der Waals surface area contributed by atoms with Crippen LogP contribution in [0, 0.1) is 0 Å². The number of hydrogen-bond donors (Lipinski definition) is 2. The molecule has 0 unspecified atom stereocenters. The second-order valence-electron chi connectivity index (χ2n) is 3.50. The molecule has 1 heterocycles. The number of nitrogens with zero attached hydrogens (tertiary/aromatic N) is 2. The fourth-order valence-corrected chi connectivity index (χ4v) is 1.41. The Balaban J connectivity index is 1.97. The number of nitrogens with one attached hydrogen (secondary N) is 1. The van der Waals surface area contributed by atoms with E-state index in [4.69, 9.17) is 10.5 Å². The number of anilines is 2. The lowest BCUT2D eigenvalue weighted by Gasteiger charge is -2.06. The van der Waals surface area contributed by atoms with Crippen LogP contribution < -0.4 is 15.8 Å². The largest absolute Gasteiger partial charge is 0.497 e. The van der Waals surface area contributed by atoms with Gasteiger partial charge in [-0.3, -0.25) is 0 Å². The molecule has 0 amide bonds. The van der Waals surface area contributed by atoms with Crippen LogP contribution in [0.1, 0.15) is 5.56 Å². The first-order chi connectivity index (χ1) is 8.28. The Morgan fingerprint density at radius 2 is 2.00 bits per heavy atom. The first-order valence-corrected chi connectivity index (χ1v) is 5.23. The number of benzene rings is 1. The van der Waals surface area contributed by atoms with Gasteiger partial charge in [-0.25, -0.2) is 4.98 Å². The maximum atomic E-state index is 5.49. The Morgan fingerprint density at radius 3 is 2.65 bits per heavy atom. The molecule has 5 heteroatoms. The van der Waals surface area contributed by atoms with Crippen molar-refractivity contribution in [2.45, 2.75) is 6.54 Å². The summed E-state index contributed by atoms with van der Waals surface area (Å²) in [4.78, 5) is 7.88. The van der Waals surface area contributed by atoms with Crippen molar-refractivity contribution in [1.82, 2.24) is 9.97 Å². The normalized spacial score (nSPS) is 9.94. The Kier molecular flexibility index (Phi) is 3.40. The number of methoxy groups -OCH3 is 1. The van der Waals surface area contributed by atoms with Gasteiger partial charge in [-0.2, -0.15) is 4.98 Å². The number of ether oxygens (including phenoxy) is 1. The molecule has 1 aromatic carbocycles. The van der Waals surface area contributed by atoms with E-state index in [1.54, 1.807) is 19.4 Å². The van der Waals surface area contributed by atoms with E-state index in [0.29, 0.717) is 12.4 Å². The molecule has 0 spiro atoms. The van der Waals surface area contributed by atoms with E-state index in [2.05, 4.69) is 15.3 Å². The minimum atomic E-state index is 0.268. The highest BCUT2D eigenvalue weighted by Crippen LogP contribution is 2.12. The summed E-state index contributed by atoms with van der Waals surface area (Å²) < 4.78 is 5.09. The van der Waals surface area contributed by atoms with Crippen molar-refractivity contribution in [1.29, 1.82) is 0 Å². The fourth-order valence-electron chi connectivity index (χ4n) is 1.41. The second kappa shape index (κ2) is 5.16. The summed E-state index contributed by atoms with van der Waals surface area (Å²) in [6.45, 7) is 0.681. The molecule has 0 bridgehead atoms. The maximum Gasteiger partial charge on any atom is 0.221 e. The van der Waals surface area contributed by atoms with Crippen LogP contribution in [0.3, 0.4) is 0 Å². The zero-order chi connectivity index (χ0) is 12.1. The predicted molar refractivity (Wildman–Crippen MR) is 66.8 cm³/mol. The third-order valence-electron chi connectivity index (χ3n) is 2.31. The van der Waals surface area contributed by atoms with E-state index in [9.17, 15) is 0 Å². The molecule has 2 aromatic rings. The topological polar surface area (TPSA) is 73.1 Å². The third-order valence-corrected chi connectivity index (χ3v) is 2.31. The molecule has 0 saturated heterocycles. The van der Waals surface area contributed by atoms with Crippen LogP contribution >= 0.6 is 0 Å². The zero-order valence-electron chi connectivity index (χ0n) is 9.55. The molecular formula is C12H14N4O. The van der Waals surface area contributed by atoms with Crippen molar-refractivity contribution >= 4 is 11.8 Å². The average Bonchev–Trinajstić information content (AvgIpc) is 2.37. The summed E-state index contributed by atoms with van der Waals surface area (Å²) in [5, 5.41) is 3.17. The number of rotatable bonds is 4. The highest BCUT2D eigenvalue weighted by molar-refractivity contribution is 5.38. The molecule has 0 aliphatic rings. The average molecular weight is 230 g/mol. The first-order valence-electron chi connectivity index (χ1n) is 5.23. The van der Waals surface area contributed by atoms with Gasteiger partial charge in [0.2, 0.25) is 5.95 Å². The van der Waals surface area contributed by atoms with Gasteiger partial charge in [0.1, 0.15) is 11.6 Å². The summed E-state index contributed by atoms with van der Waals surface area (Å²) in [6, 6.07) is 9.61. The Hall–Kier alpha value is -2.30. The van der Waals surface area contributed by atoms with Crippen molar-refractivity contribution in [3.63, 3.8) is 0 Å².